The van der Waals surface area contributed by atoms with Crippen molar-refractivity contribution in [1.29, 1.82) is 0 Å². The lowest BCUT2D eigenvalue weighted by atomic mass is 10.2. The Labute approximate surface area is 171 Å². The maximum Gasteiger partial charge on any atom is 0.269 e. The number of halogens is 2. The number of carbonyl (C=O) groups excluding carboxylic acids is 1. The number of nitrogens with zero attached hydrogens (tertiary/aromatic N) is 2. The van der Waals surface area contributed by atoms with Gasteiger partial charge in [-0.25, -0.2) is 17.7 Å². The van der Waals surface area contributed by atoms with Crippen molar-refractivity contribution in [3.8, 4) is 5.75 Å². The van der Waals surface area contributed by atoms with Crippen LogP contribution in [-0.4, -0.2) is 36.8 Å². The molecule has 0 aliphatic carbocycles. The molecule has 0 fully saturated rings. The summed E-state index contributed by atoms with van der Waals surface area (Å²) >= 11 is 12.5. The van der Waals surface area contributed by atoms with Gasteiger partial charge in [0.05, 0.1) is 22.2 Å². The highest BCUT2D eigenvalue weighted by Crippen LogP contribution is 2.37. The second kappa shape index (κ2) is 6.92. The number of amides is 1. The van der Waals surface area contributed by atoms with Gasteiger partial charge in [-0.3, -0.25) is 4.79 Å². The summed E-state index contributed by atoms with van der Waals surface area (Å²) in [6.45, 7) is 1.60. The molecule has 1 aliphatic rings. The van der Waals surface area contributed by atoms with Crippen molar-refractivity contribution in [3.63, 3.8) is 0 Å². The van der Waals surface area contributed by atoms with E-state index in [0.29, 0.717) is 21.7 Å². The van der Waals surface area contributed by atoms with Gasteiger partial charge in [-0.1, -0.05) is 35.3 Å². The molecule has 0 bridgehead atoms. The number of sulfonamides is 1. The van der Waals surface area contributed by atoms with E-state index in [4.69, 9.17) is 27.9 Å². The highest BCUT2D eigenvalue weighted by atomic mass is 35.5. The smallest absolute Gasteiger partial charge is 0.269 e. The molecule has 1 amide bonds. The van der Waals surface area contributed by atoms with Crippen LogP contribution in [0.3, 0.4) is 0 Å². The molecule has 2 heterocycles. The molecule has 1 aliphatic heterocycles. The second-order valence-corrected chi connectivity index (χ2v) is 8.89. The molecule has 0 spiro atoms. The Morgan fingerprint density at radius 1 is 1.11 bits per heavy atom. The van der Waals surface area contributed by atoms with Crippen molar-refractivity contribution in [2.24, 2.45) is 0 Å². The van der Waals surface area contributed by atoms with Gasteiger partial charge in [0.15, 0.2) is 5.75 Å². The predicted octanol–water partition coefficient (Wildman–Crippen LogP) is 4.07. The van der Waals surface area contributed by atoms with Crippen LogP contribution in [0.1, 0.15) is 16.1 Å². The highest BCUT2D eigenvalue weighted by molar-refractivity contribution is 7.90. The third-order valence-electron chi connectivity index (χ3n) is 4.43. The molecule has 6 nitrogen and oxygen atoms in total. The van der Waals surface area contributed by atoms with E-state index in [-0.39, 0.29) is 28.6 Å². The molecule has 0 atom stereocenters. The first-order valence-corrected chi connectivity index (χ1v) is 10.5. The second-order valence-electron chi connectivity index (χ2n) is 6.25. The lowest BCUT2D eigenvalue weighted by Gasteiger charge is -2.17. The normalized spacial score (nSPS) is 15.1. The van der Waals surface area contributed by atoms with E-state index in [9.17, 15) is 13.2 Å². The molecule has 0 unspecified atom stereocenters. The van der Waals surface area contributed by atoms with Crippen LogP contribution < -0.4 is 4.74 Å². The summed E-state index contributed by atoms with van der Waals surface area (Å²) in [6, 6.07) is 11.3. The first kappa shape index (κ1) is 19.0. The molecule has 0 saturated carbocycles. The van der Waals surface area contributed by atoms with E-state index < -0.39 is 15.9 Å². The third kappa shape index (κ3) is 2.99. The topological polar surface area (TPSA) is 76.6 Å². The summed E-state index contributed by atoms with van der Waals surface area (Å²) in [5.41, 5.74) is 1.40. The summed E-state index contributed by atoms with van der Waals surface area (Å²) in [5.74, 6) is -0.272. The summed E-state index contributed by atoms with van der Waals surface area (Å²) in [5, 5.41) is 1.37. The highest BCUT2D eigenvalue weighted by Gasteiger charge is 2.40. The van der Waals surface area contributed by atoms with Crippen LogP contribution >= 0.6 is 23.2 Å². The first-order valence-electron chi connectivity index (χ1n) is 8.35. The Bertz CT molecular complexity index is 1230. The third-order valence-corrected chi connectivity index (χ3v) is 6.86. The maximum absolute atomic E-state index is 12.6. The zero-order valence-electron chi connectivity index (χ0n) is 14.6. The van der Waals surface area contributed by atoms with Gasteiger partial charge in [-0.15, -0.1) is 0 Å². The summed E-state index contributed by atoms with van der Waals surface area (Å²) in [6.07, 6.45) is 0. The lowest BCUT2D eigenvalue weighted by molar-refractivity contribution is 0.0857. The van der Waals surface area contributed by atoms with Crippen LogP contribution in [0.5, 0.6) is 5.75 Å². The van der Waals surface area contributed by atoms with E-state index in [1.807, 2.05) is 19.1 Å². The molecular formula is C19H14Cl2N2O4S. The van der Waals surface area contributed by atoms with Gasteiger partial charge in [-0.05, 0) is 37.3 Å². The van der Waals surface area contributed by atoms with Gasteiger partial charge in [0.25, 0.3) is 15.9 Å². The van der Waals surface area contributed by atoms with Crippen molar-refractivity contribution in [2.45, 2.75) is 11.8 Å². The Hall–Kier alpha value is -2.35. The molecule has 2 aromatic carbocycles. The van der Waals surface area contributed by atoms with Crippen LogP contribution in [0.2, 0.25) is 10.0 Å². The molecule has 9 heteroatoms. The molecule has 4 rings (SSSR count). The molecule has 0 N–H and O–H groups in total. The molecule has 144 valence electrons. The molecule has 0 radical (unpaired) electrons. The van der Waals surface area contributed by atoms with Crippen molar-refractivity contribution in [2.75, 3.05) is 13.2 Å². The number of aryl methyl sites for hydroxylation is 1. The fourth-order valence-electron chi connectivity index (χ4n) is 3.11. The quantitative estimate of drug-likeness (QED) is 0.615. The Balaban J connectivity index is 1.60. The molecule has 28 heavy (non-hydrogen) atoms. The minimum Gasteiger partial charge on any atom is -0.488 e. The lowest BCUT2D eigenvalue weighted by Crippen LogP contribution is -2.33. The summed E-state index contributed by atoms with van der Waals surface area (Å²) in [4.78, 5) is 16.9. The van der Waals surface area contributed by atoms with Crippen molar-refractivity contribution < 1.29 is 17.9 Å². The van der Waals surface area contributed by atoms with Crippen LogP contribution in [0.4, 0.5) is 0 Å². The van der Waals surface area contributed by atoms with Crippen LogP contribution in [0, 0.1) is 6.92 Å². The van der Waals surface area contributed by atoms with Gasteiger partial charge >= 0.3 is 0 Å². The van der Waals surface area contributed by atoms with Crippen molar-refractivity contribution >= 4 is 50.0 Å². The Morgan fingerprint density at radius 2 is 1.86 bits per heavy atom. The summed E-state index contributed by atoms with van der Waals surface area (Å²) < 4.78 is 31.8. The van der Waals surface area contributed by atoms with Gasteiger partial charge in [-0.2, -0.15) is 0 Å². The average Bonchev–Trinajstić information content (AvgIpc) is 2.84. The number of benzene rings is 2. The predicted molar refractivity (Wildman–Crippen MR) is 107 cm³/mol. The van der Waals surface area contributed by atoms with E-state index in [1.54, 1.807) is 18.2 Å². The Morgan fingerprint density at radius 3 is 2.61 bits per heavy atom. The van der Waals surface area contributed by atoms with Gasteiger partial charge < -0.3 is 4.74 Å². The van der Waals surface area contributed by atoms with Gasteiger partial charge in [0, 0.05) is 11.1 Å². The molecular weight excluding hydrogens is 423 g/mol. The number of aromatic nitrogens is 1. The standard InChI is InChI=1S/C19H14Cl2N2O4S/c1-11-6-7-12-14(20)10-15(21)18(17(12)22-11)27-9-8-23-19(24)13-4-2-3-5-16(13)28(23,25)26/h2-7,10H,8-9H2,1H3. The largest absolute Gasteiger partial charge is 0.488 e. The number of pyridine rings is 1. The fourth-order valence-corrected chi connectivity index (χ4v) is 5.23. The first-order chi connectivity index (χ1) is 13.3. The number of hydrogen-bond acceptors (Lipinski definition) is 5. The van der Waals surface area contributed by atoms with Crippen LogP contribution in [0.25, 0.3) is 10.9 Å². The van der Waals surface area contributed by atoms with Crippen molar-refractivity contribution in [1.82, 2.24) is 9.29 Å². The zero-order valence-corrected chi connectivity index (χ0v) is 17.0. The van der Waals surface area contributed by atoms with Crippen LogP contribution in [0.15, 0.2) is 47.4 Å². The minimum absolute atomic E-state index is 0.00673. The summed E-state index contributed by atoms with van der Waals surface area (Å²) in [7, 11) is -3.88. The van der Waals surface area contributed by atoms with Crippen molar-refractivity contribution in [3.05, 3.63) is 63.8 Å². The number of hydrogen-bond donors (Lipinski definition) is 0. The monoisotopic (exact) mass is 436 g/mol. The Kier molecular flexibility index (Phi) is 4.69. The van der Waals surface area contributed by atoms with E-state index in [0.717, 1.165) is 10.00 Å². The molecule has 3 aromatic rings. The number of fused-ring (bicyclic) bond motifs is 2. The van der Waals surface area contributed by atoms with E-state index in [1.165, 1.54) is 12.1 Å². The molecule has 1 aromatic heterocycles. The van der Waals surface area contributed by atoms with E-state index >= 15 is 0 Å². The number of carbonyl (C=O) groups is 1. The SMILES string of the molecule is Cc1ccc2c(Cl)cc(Cl)c(OCCN3C(=O)c4ccccc4S3(=O)=O)c2n1. The van der Waals surface area contributed by atoms with Crippen LogP contribution in [-0.2, 0) is 10.0 Å². The average molecular weight is 437 g/mol. The van der Waals surface area contributed by atoms with Gasteiger partial charge in [0.2, 0.25) is 0 Å². The number of ether oxygens (including phenoxy) is 1. The number of rotatable bonds is 4. The van der Waals surface area contributed by atoms with Gasteiger partial charge in [0.1, 0.15) is 17.0 Å². The fraction of sp³-hybridized carbons (Fsp3) is 0.158. The zero-order chi connectivity index (χ0) is 20.1. The van der Waals surface area contributed by atoms with E-state index in [2.05, 4.69) is 4.98 Å². The maximum atomic E-state index is 12.6. The minimum atomic E-state index is -3.88. The molecule has 0 saturated heterocycles.